The number of nitrogens with two attached hydrogens (primary N) is 1. The van der Waals surface area contributed by atoms with Gasteiger partial charge in [-0.1, -0.05) is 12.2 Å². The molecule has 0 aliphatic carbocycles. The summed E-state index contributed by atoms with van der Waals surface area (Å²) >= 11 is 4.69. The molecule has 1 heterocycles. The number of carboxylic acids is 1. The molecule has 3 N–H and O–H groups in total. The molecule has 0 spiro atoms. The lowest BCUT2D eigenvalue weighted by atomic mass is 9.94. The highest BCUT2D eigenvalue weighted by atomic mass is 32.1. The van der Waals surface area contributed by atoms with Crippen molar-refractivity contribution in [3.8, 4) is 0 Å². The Labute approximate surface area is 92.1 Å². The van der Waals surface area contributed by atoms with Crippen LogP contribution in [-0.4, -0.2) is 30.8 Å². The molecule has 7 heteroatoms. The molecular formula is C8H12N4O2S. The van der Waals surface area contributed by atoms with E-state index < -0.39 is 11.4 Å². The van der Waals surface area contributed by atoms with Gasteiger partial charge in [-0.25, -0.2) is 4.98 Å². The van der Waals surface area contributed by atoms with Gasteiger partial charge >= 0.3 is 5.97 Å². The zero-order valence-electron chi connectivity index (χ0n) is 8.47. The summed E-state index contributed by atoms with van der Waals surface area (Å²) in [6, 6.07) is 0. The molecule has 1 aromatic heterocycles. The Kier molecular flexibility index (Phi) is 3.04. The Bertz CT molecular complexity index is 399. The van der Waals surface area contributed by atoms with Gasteiger partial charge in [-0.15, -0.1) is 5.10 Å². The van der Waals surface area contributed by atoms with Gasteiger partial charge in [-0.2, -0.15) is 0 Å². The predicted octanol–water partition coefficient (Wildman–Crippen LogP) is 0.0231. The van der Waals surface area contributed by atoms with E-state index in [0.29, 0.717) is 0 Å². The van der Waals surface area contributed by atoms with Gasteiger partial charge in [-0.3, -0.25) is 9.48 Å². The molecule has 0 radical (unpaired) electrons. The summed E-state index contributed by atoms with van der Waals surface area (Å²) in [5, 5.41) is 12.9. The molecule has 0 bridgehead atoms. The first kappa shape index (κ1) is 11.6. The summed E-state index contributed by atoms with van der Waals surface area (Å²) in [6.45, 7) is 3.44. The van der Waals surface area contributed by atoms with Crippen LogP contribution >= 0.6 is 12.2 Å². The number of rotatable bonds is 4. The Morgan fingerprint density at radius 1 is 1.73 bits per heavy atom. The van der Waals surface area contributed by atoms with Gasteiger partial charge in [0.05, 0.1) is 12.0 Å². The number of hydrogen-bond donors (Lipinski definition) is 2. The average molecular weight is 228 g/mol. The first-order chi connectivity index (χ1) is 6.83. The second-order valence-corrected chi connectivity index (χ2v) is 4.26. The van der Waals surface area contributed by atoms with E-state index in [1.165, 1.54) is 11.0 Å². The van der Waals surface area contributed by atoms with Crippen molar-refractivity contribution < 1.29 is 9.90 Å². The van der Waals surface area contributed by atoms with Gasteiger partial charge in [0.25, 0.3) is 0 Å². The van der Waals surface area contributed by atoms with Crippen molar-refractivity contribution in [1.29, 1.82) is 0 Å². The Morgan fingerprint density at radius 3 is 2.73 bits per heavy atom. The highest BCUT2D eigenvalue weighted by Gasteiger charge is 2.28. The zero-order valence-corrected chi connectivity index (χ0v) is 9.28. The van der Waals surface area contributed by atoms with Crippen LogP contribution in [0.25, 0.3) is 0 Å². The molecule has 6 nitrogen and oxygen atoms in total. The minimum atomic E-state index is -0.902. The van der Waals surface area contributed by atoms with Gasteiger partial charge in [0.15, 0.2) is 0 Å². The molecule has 1 rings (SSSR count). The number of aromatic nitrogens is 3. The summed E-state index contributed by atoms with van der Waals surface area (Å²) in [5.41, 5.74) is 4.43. The van der Waals surface area contributed by atoms with Gasteiger partial charge < -0.3 is 10.8 Å². The Morgan fingerprint density at radius 2 is 2.33 bits per heavy atom. The summed E-state index contributed by atoms with van der Waals surface area (Å²) in [4.78, 5) is 14.8. The lowest BCUT2D eigenvalue weighted by Crippen LogP contribution is -2.29. The fourth-order valence-corrected chi connectivity index (χ4v) is 1.05. The molecule has 1 aromatic rings. The van der Waals surface area contributed by atoms with E-state index in [2.05, 4.69) is 10.1 Å². The maximum absolute atomic E-state index is 10.9. The second-order valence-electron chi connectivity index (χ2n) is 3.82. The first-order valence-electron chi connectivity index (χ1n) is 4.25. The van der Waals surface area contributed by atoms with E-state index in [4.69, 9.17) is 23.1 Å². The quantitative estimate of drug-likeness (QED) is 0.706. The third-order valence-corrected chi connectivity index (χ3v) is 2.08. The second kappa shape index (κ2) is 3.93. The number of hydrogen-bond acceptors (Lipinski definition) is 4. The van der Waals surface area contributed by atoms with Crippen molar-refractivity contribution >= 4 is 23.2 Å². The predicted molar refractivity (Wildman–Crippen MR) is 57.3 cm³/mol. The van der Waals surface area contributed by atoms with Crippen LogP contribution in [0.1, 0.15) is 19.7 Å². The zero-order chi connectivity index (χ0) is 11.6. The number of carbonyl (C=O) groups is 1. The van der Waals surface area contributed by atoms with E-state index in [0.717, 1.165) is 0 Å². The van der Waals surface area contributed by atoms with Crippen LogP contribution in [0.2, 0.25) is 0 Å². The minimum Gasteiger partial charge on any atom is -0.481 e. The van der Waals surface area contributed by atoms with Crippen molar-refractivity contribution in [2.24, 2.45) is 11.1 Å². The largest absolute Gasteiger partial charge is 0.481 e. The van der Waals surface area contributed by atoms with Crippen LogP contribution in [-0.2, 0) is 11.3 Å². The highest BCUT2D eigenvalue weighted by Crippen LogP contribution is 2.17. The van der Waals surface area contributed by atoms with Crippen molar-refractivity contribution in [1.82, 2.24) is 14.8 Å². The monoisotopic (exact) mass is 228 g/mol. The number of carboxylic acid groups (broad SMARTS) is 1. The third kappa shape index (κ3) is 2.72. The number of nitrogens with zero attached hydrogens (tertiary/aromatic N) is 3. The molecule has 0 aliphatic rings. The van der Waals surface area contributed by atoms with Gasteiger partial charge in [0, 0.05) is 0 Å². The Balaban J connectivity index is 2.82. The highest BCUT2D eigenvalue weighted by molar-refractivity contribution is 7.80. The molecular weight excluding hydrogens is 216 g/mol. The summed E-state index contributed by atoms with van der Waals surface area (Å²) in [5.74, 6) is -0.638. The van der Waals surface area contributed by atoms with E-state index in [1.807, 2.05) is 0 Å². The fraction of sp³-hybridized carbons (Fsp3) is 0.500. The first-order valence-corrected chi connectivity index (χ1v) is 4.66. The van der Waals surface area contributed by atoms with E-state index >= 15 is 0 Å². The van der Waals surface area contributed by atoms with E-state index in [-0.39, 0.29) is 17.4 Å². The average Bonchev–Trinajstić information content (AvgIpc) is 2.51. The molecule has 0 aromatic carbocycles. The van der Waals surface area contributed by atoms with Crippen LogP contribution in [0, 0.1) is 5.41 Å². The van der Waals surface area contributed by atoms with Gasteiger partial charge in [0.2, 0.25) is 5.82 Å². The molecule has 15 heavy (non-hydrogen) atoms. The molecule has 0 unspecified atom stereocenters. The maximum Gasteiger partial charge on any atom is 0.310 e. The molecule has 0 saturated heterocycles. The number of thiocarbonyl (C=S) groups is 1. The SMILES string of the molecule is CC(C)(Cn1cnc(C(N)=S)n1)C(=O)O. The van der Waals surface area contributed by atoms with Gasteiger partial charge in [0.1, 0.15) is 11.3 Å². The van der Waals surface area contributed by atoms with Crippen molar-refractivity contribution in [3.63, 3.8) is 0 Å². The van der Waals surface area contributed by atoms with Crippen LogP contribution in [0.5, 0.6) is 0 Å². The van der Waals surface area contributed by atoms with Crippen LogP contribution in [0.4, 0.5) is 0 Å². The molecule has 0 saturated carbocycles. The fourth-order valence-electron chi connectivity index (χ4n) is 0.956. The van der Waals surface area contributed by atoms with Crippen LogP contribution < -0.4 is 5.73 Å². The molecule has 0 amide bonds. The molecule has 0 aliphatic heterocycles. The normalized spacial score (nSPS) is 11.3. The van der Waals surface area contributed by atoms with Crippen molar-refractivity contribution in [2.75, 3.05) is 0 Å². The Hall–Kier alpha value is -1.50. The number of aliphatic carboxylic acids is 1. The summed E-state index contributed by atoms with van der Waals surface area (Å²) in [6.07, 6.45) is 1.42. The molecule has 82 valence electrons. The third-order valence-electron chi connectivity index (χ3n) is 1.89. The molecule has 0 fully saturated rings. The smallest absolute Gasteiger partial charge is 0.310 e. The van der Waals surface area contributed by atoms with E-state index in [1.54, 1.807) is 13.8 Å². The van der Waals surface area contributed by atoms with Crippen LogP contribution in [0.3, 0.4) is 0 Å². The van der Waals surface area contributed by atoms with Gasteiger partial charge in [-0.05, 0) is 13.8 Å². The summed E-state index contributed by atoms with van der Waals surface area (Å²) < 4.78 is 1.42. The molecule has 0 atom stereocenters. The van der Waals surface area contributed by atoms with Crippen LogP contribution in [0.15, 0.2) is 6.33 Å². The minimum absolute atomic E-state index is 0.0990. The lowest BCUT2D eigenvalue weighted by Gasteiger charge is -2.17. The van der Waals surface area contributed by atoms with Crippen molar-refractivity contribution in [3.05, 3.63) is 12.2 Å². The lowest BCUT2D eigenvalue weighted by molar-refractivity contribution is -0.147. The maximum atomic E-state index is 10.9. The topological polar surface area (TPSA) is 94.0 Å². The van der Waals surface area contributed by atoms with E-state index in [9.17, 15) is 4.79 Å². The summed E-state index contributed by atoms with van der Waals surface area (Å²) in [7, 11) is 0. The van der Waals surface area contributed by atoms with Crippen molar-refractivity contribution in [2.45, 2.75) is 20.4 Å². The standard InChI is InChI=1S/C8H12N4O2S/c1-8(2,7(13)14)3-12-4-10-6(11-12)5(9)15/h4H,3H2,1-2H3,(H2,9,15)(H,13,14).